The summed E-state index contributed by atoms with van der Waals surface area (Å²) in [6.45, 7) is 9.42. The number of rotatable bonds is 11. The molecule has 1 aromatic carbocycles. The van der Waals surface area contributed by atoms with Crippen LogP contribution in [0.4, 0.5) is 10.5 Å². The topological polar surface area (TPSA) is 129 Å². The van der Waals surface area contributed by atoms with Crippen LogP contribution in [0.2, 0.25) is 0 Å². The number of esters is 1. The maximum Gasteiger partial charge on any atom is 0.338 e. The first-order valence-corrected chi connectivity index (χ1v) is 10.8. The van der Waals surface area contributed by atoms with Gasteiger partial charge in [0.2, 0.25) is 5.75 Å². The van der Waals surface area contributed by atoms with E-state index >= 15 is 0 Å². The molecule has 176 valence electrons. The summed E-state index contributed by atoms with van der Waals surface area (Å²) in [6.07, 6.45) is 1.65. The summed E-state index contributed by atoms with van der Waals surface area (Å²) >= 11 is 0. The number of nitrogens with zero attached hydrogens (tertiary/aromatic N) is 1. The zero-order valence-electron chi connectivity index (χ0n) is 19.1. The maximum absolute atomic E-state index is 13.1. The highest BCUT2D eigenvalue weighted by Gasteiger charge is 2.37. The lowest BCUT2D eigenvalue weighted by Crippen LogP contribution is -2.46. The van der Waals surface area contributed by atoms with Gasteiger partial charge >= 0.3 is 17.7 Å². The van der Waals surface area contributed by atoms with Crippen LogP contribution in [0.5, 0.6) is 11.5 Å². The van der Waals surface area contributed by atoms with Crippen molar-refractivity contribution >= 4 is 17.7 Å². The molecule has 32 heavy (non-hydrogen) atoms. The Morgan fingerprint density at radius 1 is 1.16 bits per heavy atom. The molecule has 0 aliphatic carbocycles. The van der Waals surface area contributed by atoms with E-state index in [4.69, 9.17) is 14.2 Å². The second-order valence-corrected chi connectivity index (χ2v) is 7.46. The number of allylic oxidation sites excluding steroid dienone is 1. The molecule has 10 nitrogen and oxygen atoms in total. The molecule has 2 amide bonds. The first-order chi connectivity index (χ1) is 15.2. The number of ether oxygens (including phenoxy) is 3. The Hall–Kier alpha value is -3.30. The standard InChI is InChI=1S/C22H31N3O7/c1-6-9-10-15-19(21(26)32-13(4)5)20(24-22(27)23-15)14-11-16(25(28)29)18(31-8-3)12-17(14)30-7-2/h11-13,20H,6-10H2,1-5H3,(H2,23,24,27). The molecule has 0 bridgehead atoms. The second-order valence-electron chi connectivity index (χ2n) is 7.46. The Kier molecular flexibility index (Phi) is 8.86. The Labute approximate surface area is 187 Å². The van der Waals surface area contributed by atoms with Gasteiger partial charge in [-0.25, -0.2) is 9.59 Å². The fraction of sp³-hybridized carbons (Fsp3) is 0.545. The molecule has 1 unspecified atom stereocenters. The number of urea groups is 1. The smallest absolute Gasteiger partial charge is 0.338 e. The van der Waals surface area contributed by atoms with Crippen molar-refractivity contribution in [3.05, 3.63) is 39.1 Å². The predicted octanol–water partition coefficient (Wildman–Crippen LogP) is 4.14. The number of amides is 2. The predicted molar refractivity (Wildman–Crippen MR) is 118 cm³/mol. The zero-order valence-corrected chi connectivity index (χ0v) is 19.1. The van der Waals surface area contributed by atoms with Gasteiger partial charge in [-0.2, -0.15) is 0 Å². The van der Waals surface area contributed by atoms with Crippen molar-refractivity contribution < 1.29 is 28.7 Å². The van der Waals surface area contributed by atoms with Crippen molar-refractivity contribution in [2.24, 2.45) is 0 Å². The van der Waals surface area contributed by atoms with Crippen LogP contribution in [0.25, 0.3) is 0 Å². The van der Waals surface area contributed by atoms with E-state index in [0.717, 1.165) is 12.8 Å². The van der Waals surface area contributed by atoms with E-state index in [-0.39, 0.29) is 47.6 Å². The molecule has 0 spiro atoms. The van der Waals surface area contributed by atoms with Gasteiger partial charge in [-0.05, 0) is 40.5 Å². The number of hydrogen-bond donors (Lipinski definition) is 2. The lowest BCUT2D eigenvalue weighted by molar-refractivity contribution is -0.385. The highest BCUT2D eigenvalue weighted by Crippen LogP contribution is 2.41. The molecule has 0 saturated heterocycles. The first-order valence-electron chi connectivity index (χ1n) is 10.8. The molecule has 2 rings (SSSR count). The van der Waals surface area contributed by atoms with E-state index in [1.807, 2.05) is 6.92 Å². The minimum absolute atomic E-state index is 0.0476. The van der Waals surface area contributed by atoms with Crippen LogP contribution < -0.4 is 20.1 Å². The van der Waals surface area contributed by atoms with Gasteiger partial charge in [-0.15, -0.1) is 0 Å². The summed E-state index contributed by atoms with van der Waals surface area (Å²) in [4.78, 5) is 36.7. The van der Waals surface area contributed by atoms with Crippen molar-refractivity contribution in [1.29, 1.82) is 0 Å². The number of carbonyl (C=O) groups is 2. The molecule has 1 aliphatic rings. The molecule has 10 heteroatoms. The molecule has 0 saturated carbocycles. The minimum atomic E-state index is -0.988. The van der Waals surface area contributed by atoms with Crippen LogP contribution >= 0.6 is 0 Å². The molecular formula is C22H31N3O7. The normalized spacial score (nSPS) is 15.8. The van der Waals surface area contributed by atoms with E-state index < -0.39 is 23.0 Å². The number of carbonyl (C=O) groups excluding carboxylic acids is 2. The van der Waals surface area contributed by atoms with E-state index in [0.29, 0.717) is 12.1 Å². The van der Waals surface area contributed by atoms with Crippen molar-refractivity contribution in [3.63, 3.8) is 0 Å². The Bertz CT molecular complexity index is 896. The molecule has 0 radical (unpaired) electrons. The zero-order chi connectivity index (χ0) is 23.8. The molecule has 1 aromatic rings. The van der Waals surface area contributed by atoms with Crippen molar-refractivity contribution in [2.75, 3.05) is 13.2 Å². The SMILES string of the molecule is CCCCC1=C(C(=O)OC(C)C)C(c2cc([N+](=O)[O-])c(OCC)cc2OCC)NC(=O)N1. The summed E-state index contributed by atoms with van der Waals surface area (Å²) in [6, 6.07) is 1.21. The molecular weight excluding hydrogens is 418 g/mol. The molecule has 1 heterocycles. The summed E-state index contributed by atoms with van der Waals surface area (Å²) in [5, 5.41) is 17.1. The van der Waals surface area contributed by atoms with Gasteiger partial charge in [0.05, 0.1) is 35.9 Å². The molecule has 0 aromatic heterocycles. The number of nitrogens with one attached hydrogen (secondary N) is 2. The summed E-state index contributed by atoms with van der Waals surface area (Å²) in [5.74, 6) is -0.285. The highest BCUT2D eigenvalue weighted by molar-refractivity contribution is 5.95. The number of hydrogen-bond acceptors (Lipinski definition) is 7. The van der Waals surface area contributed by atoms with Crippen molar-refractivity contribution in [2.45, 2.75) is 66.0 Å². The third-order valence-corrected chi connectivity index (χ3v) is 4.70. The van der Waals surface area contributed by atoms with Gasteiger partial charge < -0.3 is 24.8 Å². The van der Waals surface area contributed by atoms with E-state index in [9.17, 15) is 19.7 Å². The van der Waals surface area contributed by atoms with Crippen molar-refractivity contribution in [3.8, 4) is 11.5 Å². The van der Waals surface area contributed by atoms with Crippen LogP contribution in [0, 0.1) is 10.1 Å². The van der Waals surface area contributed by atoms with Gasteiger partial charge in [-0.3, -0.25) is 10.1 Å². The molecule has 1 aliphatic heterocycles. The average molecular weight is 450 g/mol. The monoisotopic (exact) mass is 449 g/mol. The van der Waals surface area contributed by atoms with E-state index in [1.165, 1.54) is 12.1 Å². The van der Waals surface area contributed by atoms with Gasteiger partial charge in [0.1, 0.15) is 5.75 Å². The molecule has 1 atom stereocenters. The van der Waals surface area contributed by atoms with Gasteiger partial charge in [-0.1, -0.05) is 13.3 Å². The quantitative estimate of drug-likeness (QED) is 0.295. The first kappa shape index (κ1) is 25.0. The van der Waals surface area contributed by atoms with Crippen LogP contribution in [0.15, 0.2) is 23.4 Å². The van der Waals surface area contributed by atoms with Gasteiger partial charge in [0.15, 0.2) is 0 Å². The van der Waals surface area contributed by atoms with Crippen molar-refractivity contribution in [1.82, 2.24) is 10.6 Å². The maximum atomic E-state index is 13.1. The van der Waals surface area contributed by atoms with Gasteiger partial charge in [0, 0.05) is 23.4 Å². The van der Waals surface area contributed by atoms with Crippen LogP contribution in [0.1, 0.15) is 65.5 Å². The minimum Gasteiger partial charge on any atom is -0.493 e. The molecule has 0 fully saturated rings. The lowest BCUT2D eigenvalue weighted by Gasteiger charge is -2.31. The fourth-order valence-electron chi connectivity index (χ4n) is 3.41. The second kappa shape index (κ2) is 11.4. The van der Waals surface area contributed by atoms with Gasteiger partial charge in [0.25, 0.3) is 0 Å². The Morgan fingerprint density at radius 2 is 1.81 bits per heavy atom. The Morgan fingerprint density at radius 3 is 2.38 bits per heavy atom. The summed E-state index contributed by atoms with van der Waals surface area (Å²) in [7, 11) is 0. The molecule has 2 N–H and O–H groups in total. The van der Waals surface area contributed by atoms with E-state index in [2.05, 4.69) is 10.6 Å². The third kappa shape index (κ3) is 5.89. The van der Waals surface area contributed by atoms with Crippen LogP contribution in [-0.4, -0.2) is 36.2 Å². The van der Waals surface area contributed by atoms with E-state index in [1.54, 1.807) is 27.7 Å². The van der Waals surface area contributed by atoms with Crippen LogP contribution in [-0.2, 0) is 9.53 Å². The number of benzene rings is 1. The average Bonchev–Trinajstić information content (AvgIpc) is 2.71. The summed E-state index contributed by atoms with van der Waals surface area (Å²) < 4.78 is 16.6. The lowest BCUT2D eigenvalue weighted by atomic mass is 9.92. The number of nitro groups is 1. The largest absolute Gasteiger partial charge is 0.493 e. The van der Waals surface area contributed by atoms with Crippen LogP contribution in [0.3, 0.4) is 0 Å². The fourth-order valence-corrected chi connectivity index (χ4v) is 3.41. The highest BCUT2D eigenvalue weighted by atomic mass is 16.6. The Balaban J connectivity index is 2.73. The number of unbranched alkanes of at least 4 members (excludes halogenated alkanes) is 1. The third-order valence-electron chi connectivity index (χ3n) is 4.70. The number of nitro benzene ring substituents is 1. The summed E-state index contributed by atoms with van der Waals surface area (Å²) in [5.41, 5.74) is 0.628.